The molecule has 2 aromatic rings. The van der Waals surface area contributed by atoms with E-state index in [9.17, 15) is 0 Å². The van der Waals surface area contributed by atoms with Crippen molar-refractivity contribution < 1.29 is 0 Å². The normalized spacial score (nSPS) is 10.2. The average molecular weight is 336 g/mol. The number of aromatic nitrogens is 1. The third-order valence-electron chi connectivity index (χ3n) is 2.70. The van der Waals surface area contributed by atoms with Crippen LogP contribution in [0.15, 0.2) is 47.2 Å². The summed E-state index contributed by atoms with van der Waals surface area (Å²) in [4.78, 5) is 4.49. The van der Waals surface area contributed by atoms with Gasteiger partial charge in [0.1, 0.15) is 4.99 Å². The van der Waals surface area contributed by atoms with E-state index in [1.165, 1.54) is 5.56 Å². The molecule has 0 radical (unpaired) electrons. The van der Waals surface area contributed by atoms with Gasteiger partial charge in [-0.05, 0) is 36.2 Å². The Hall–Kier alpha value is -1.46. The summed E-state index contributed by atoms with van der Waals surface area (Å²) in [7, 11) is 0. The number of anilines is 1. The molecule has 0 fully saturated rings. The van der Waals surface area contributed by atoms with Crippen molar-refractivity contribution in [2.45, 2.75) is 6.42 Å². The lowest BCUT2D eigenvalue weighted by atomic mass is 10.1. The van der Waals surface area contributed by atoms with Crippen molar-refractivity contribution >= 4 is 38.8 Å². The fraction of sp³-hybridized carbons (Fsp3) is 0.143. The first-order valence-electron chi connectivity index (χ1n) is 5.89. The zero-order chi connectivity index (χ0) is 13.7. The van der Waals surface area contributed by atoms with Crippen molar-refractivity contribution in [2.24, 2.45) is 5.73 Å². The van der Waals surface area contributed by atoms with Gasteiger partial charge in [0.05, 0.1) is 0 Å². The maximum atomic E-state index is 5.71. The summed E-state index contributed by atoms with van der Waals surface area (Å²) >= 11 is 8.50. The van der Waals surface area contributed by atoms with E-state index in [1.54, 1.807) is 6.20 Å². The summed E-state index contributed by atoms with van der Waals surface area (Å²) in [5, 5.41) is 3.36. The molecule has 0 aliphatic rings. The van der Waals surface area contributed by atoms with E-state index in [0.29, 0.717) is 4.99 Å². The van der Waals surface area contributed by atoms with Crippen LogP contribution in [0.3, 0.4) is 0 Å². The van der Waals surface area contributed by atoms with Gasteiger partial charge in [0, 0.05) is 34.7 Å². The Balaban J connectivity index is 2.03. The molecule has 19 heavy (non-hydrogen) atoms. The zero-order valence-electron chi connectivity index (χ0n) is 10.3. The van der Waals surface area contributed by atoms with Crippen molar-refractivity contribution in [3.8, 4) is 0 Å². The van der Waals surface area contributed by atoms with Crippen LogP contribution in [-0.4, -0.2) is 16.5 Å². The number of nitrogens with one attached hydrogen (secondary N) is 1. The molecular weight excluding hydrogens is 322 g/mol. The molecule has 0 saturated heterocycles. The number of thiocarbonyl (C=S) groups is 1. The summed E-state index contributed by atoms with van der Waals surface area (Å²) < 4.78 is 0.997. The highest BCUT2D eigenvalue weighted by Gasteiger charge is 2.05. The monoisotopic (exact) mass is 335 g/mol. The van der Waals surface area contributed by atoms with Gasteiger partial charge in [0.25, 0.3) is 0 Å². The molecule has 0 amide bonds. The molecular formula is C14H14BrN3S. The minimum Gasteiger partial charge on any atom is -0.389 e. The van der Waals surface area contributed by atoms with Crippen LogP contribution in [0.2, 0.25) is 0 Å². The van der Waals surface area contributed by atoms with Crippen LogP contribution in [0.5, 0.6) is 0 Å². The smallest absolute Gasteiger partial charge is 0.106 e. The molecule has 0 bridgehead atoms. The summed E-state index contributed by atoms with van der Waals surface area (Å²) in [6.45, 7) is 0.803. The highest BCUT2D eigenvalue weighted by atomic mass is 79.9. The van der Waals surface area contributed by atoms with Crippen molar-refractivity contribution in [1.29, 1.82) is 0 Å². The molecule has 0 saturated carbocycles. The van der Waals surface area contributed by atoms with E-state index in [4.69, 9.17) is 18.0 Å². The summed E-state index contributed by atoms with van der Waals surface area (Å²) in [5.41, 5.74) is 8.72. The molecule has 0 atom stereocenters. The third-order valence-corrected chi connectivity index (χ3v) is 3.41. The summed E-state index contributed by atoms with van der Waals surface area (Å²) in [6, 6.07) is 9.83. The molecule has 0 unspecified atom stereocenters. The number of hydrogen-bond acceptors (Lipinski definition) is 3. The maximum absolute atomic E-state index is 5.71. The highest BCUT2D eigenvalue weighted by Crippen LogP contribution is 2.21. The van der Waals surface area contributed by atoms with Crippen LogP contribution in [0, 0.1) is 0 Å². The fourth-order valence-corrected chi connectivity index (χ4v) is 2.30. The molecule has 0 spiro atoms. The number of pyridine rings is 1. The van der Waals surface area contributed by atoms with Gasteiger partial charge in [-0.25, -0.2) is 0 Å². The Morgan fingerprint density at radius 2 is 2.21 bits per heavy atom. The van der Waals surface area contributed by atoms with Gasteiger partial charge in [-0.1, -0.05) is 34.2 Å². The lowest BCUT2D eigenvalue weighted by Crippen LogP contribution is -2.14. The lowest BCUT2D eigenvalue weighted by Gasteiger charge is -2.11. The van der Waals surface area contributed by atoms with Gasteiger partial charge in [-0.2, -0.15) is 0 Å². The number of nitrogens with two attached hydrogens (primary N) is 1. The third kappa shape index (κ3) is 4.01. The zero-order valence-corrected chi connectivity index (χ0v) is 12.7. The molecule has 2 rings (SSSR count). The van der Waals surface area contributed by atoms with Crippen molar-refractivity contribution in [3.05, 3.63) is 58.3 Å². The quantitative estimate of drug-likeness (QED) is 0.824. The van der Waals surface area contributed by atoms with E-state index in [2.05, 4.69) is 32.3 Å². The largest absolute Gasteiger partial charge is 0.389 e. The predicted octanol–water partition coefficient (Wildman–Crippen LogP) is 3.13. The molecule has 3 N–H and O–H groups in total. The van der Waals surface area contributed by atoms with Crippen molar-refractivity contribution in [1.82, 2.24) is 4.98 Å². The van der Waals surface area contributed by atoms with E-state index in [0.717, 1.165) is 28.7 Å². The molecule has 5 heteroatoms. The molecule has 3 nitrogen and oxygen atoms in total. The Bertz CT molecular complexity index is 572. The first kappa shape index (κ1) is 14.0. The van der Waals surface area contributed by atoms with E-state index < -0.39 is 0 Å². The lowest BCUT2D eigenvalue weighted by molar-refractivity contribution is 1.00. The minimum absolute atomic E-state index is 0.399. The molecule has 1 heterocycles. The van der Waals surface area contributed by atoms with E-state index >= 15 is 0 Å². The second-order valence-corrected chi connectivity index (χ2v) is 5.45. The number of rotatable bonds is 5. The molecule has 1 aromatic heterocycles. The van der Waals surface area contributed by atoms with Gasteiger partial charge in [-0.15, -0.1) is 0 Å². The predicted molar refractivity (Wildman–Crippen MR) is 86.5 cm³/mol. The topological polar surface area (TPSA) is 50.9 Å². The van der Waals surface area contributed by atoms with Crippen LogP contribution in [0.1, 0.15) is 11.1 Å². The van der Waals surface area contributed by atoms with Crippen LogP contribution in [-0.2, 0) is 6.42 Å². The number of halogens is 1. The summed E-state index contributed by atoms with van der Waals surface area (Å²) in [5.74, 6) is 0. The molecule has 0 aliphatic carbocycles. The summed E-state index contributed by atoms with van der Waals surface area (Å²) in [6.07, 6.45) is 4.55. The van der Waals surface area contributed by atoms with Crippen LogP contribution in [0.25, 0.3) is 0 Å². The SMILES string of the molecule is NC(=S)c1ccc(Br)cc1NCCc1cccnc1. The van der Waals surface area contributed by atoms with E-state index in [-0.39, 0.29) is 0 Å². The number of hydrogen-bond donors (Lipinski definition) is 2. The van der Waals surface area contributed by atoms with Gasteiger partial charge >= 0.3 is 0 Å². The van der Waals surface area contributed by atoms with Gasteiger partial charge < -0.3 is 11.1 Å². The fourth-order valence-electron chi connectivity index (χ4n) is 1.77. The Kier molecular flexibility index (Phi) is 4.87. The van der Waals surface area contributed by atoms with Crippen LogP contribution in [0.4, 0.5) is 5.69 Å². The van der Waals surface area contributed by atoms with Gasteiger partial charge in [-0.3, -0.25) is 4.98 Å². The number of nitrogens with zero attached hydrogens (tertiary/aromatic N) is 1. The Labute approximate surface area is 126 Å². The highest BCUT2D eigenvalue weighted by molar-refractivity contribution is 9.10. The second-order valence-electron chi connectivity index (χ2n) is 4.09. The Morgan fingerprint density at radius 1 is 1.37 bits per heavy atom. The molecule has 1 aromatic carbocycles. The van der Waals surface area contributed by atoms with Gasteiger partial charge in [0.15, 0.2) is 0 Å². The first-order chi connectivity index (χ1) is 9.16. The molecule has 0 aliphatic heterocycles. The standard InChI is InChI=1S/C14H14BrN3S/c15-11-3-4-12(14(16)19)13(8-11)18-7-5-10-2-1-6-17-9-10/h1-4,6,8-9,18H,5,7H2,(H2,16,19). The van der Waals surface area contributed by atoms with Crippen LogP contribution < -0.4 is 11.1 Å². The van der Waals surface area contributed by atoms with Crippen molar-refractivity contribution in [3.63, 3.8) is 0 Å². The number of benzene rings is 1. The first-order valence-corrected chi connectivity index (χ1v) is 7.09. The minimum atomic E-state index is 0.399. The van der Waals surface area contributed by atoms with E-state index in [1.807, 2.05) is 30.5 Å². The maximum Gasteiger partial charge on any atom is 0.106 e. The van der Waals surface area contributed by atoms with Crippen LogP contribution >= 0.6 is 28.1 Å². The Morgan fingerprint density at radius 3 is 2.89 bits per heavy atom. The van der Waals surface area contributed by atoms with Crippen molar-refractivity contribution in [2.75, 3.05) is 11.9 Å². The second kappa shape index (κ2) is 6.63. The average Bonchev–Trinajstić information content (AvgIpc) is 2.39. The molecule has 98 valence electrons. The van der Waals surface area contributed by atoms with Gasteiger partial charge in [0.2, 0.25) is 0 Å².